The van der Waals surface area contributed by atoms with E-state index in [-0.39, 0.29) is 24.4 Å². The van der Waals surface area contributed by atoms with Gasteiger partial charge < -0.3 is 19.7 Å². The van der Waals surface area contributed by atoms with Crippen molar-refractivity contribution in [3.05, 3.63) is 24.0 Å². The molecule has 24 heavy (non-hydrogen) atoms. The molecule has 0 bridgehead atoms. The minimum atomic E-state index is -4.43. The standard InChI is InChI=1S/C15H20F3N3O3/c1-11-9-21(5-2-6-23-11)14(22)20-7-12-3-4-19-8-13(12)24-10-15(16,17)18/h3-4,8,11H,2,5-7,9-10H2,1H3,(H,20,22)/t11-/m1/s1. The van der Waals surface area contributed by atoms with Crippen LogP contribution in [-0.2, 0) is 11.3 Å². The molecule has 1 aliphatic heterocycles. The van der Waals surface area contributed by atoms with Gasteiger partial charge in [0.05, 0.1) is 12.3 Å². The molecule has 1 atom stereocenters. The first kappa shape index (κ1) is 18.3. The zero-order valence-electron chi connectivity index (χ0n) is 13.3. The Morgan fingerprint density at radius 3 is 3.08 bits per heavy atom. The van der Waals surface area contributed by atoms with Crippen molar-refractivity contribution in [3.8, 4) is 5.75 Å². The van der Waals surface area contributed by atoms with Crippen molar-refractivity contribution in [2.24, 2.45) is 0 Å². The van der Waals surface area contributed by atoms with E-state index in [4.69, 9.17) is 9.47 Å². The quantitative estimate of drug-likeness (QED) is 0.908. The summed E-state index contributed by atoms with van der Waals surface area (Å²) < 4.78 is 47.0. The third-order valence-electron chi connectivity index (χ3n) is 3.43. The van der Waals surface area contributed by atoms with Gasteiger partial charge in [-0.15, -0.1) is 0 Å². The fraction of sp³-hybridized carbons (Fsp3) is 0.600. The number of alkyl halides is 3. The van der Waals surface area contributed by atoms with Gasteiger partial charge in [-0.25, -0.2) is 4.79 Å². The molecule has 6 nitrogen and oxygen atoms in total. The number of carbonyl (C=O) groups is 1. The van der Waals surface area contributed by atoms with E-state index in [1.165, 1.54) is 18.5 Å². The number of amides is 2. The number of aromatic nitrogens is 1. The number of pyridine rings is 1. The molecule has 9 heteroatoms. The molecule has 2 amide bonds. The summed E-state index contributed by atoms with van der Waals surface area (Å²) in [7, 11) is 0. The monoisotopic (exact) mass is 347 g/mol. The van der Waals surface area contributed by atoms with Crippen molar-refractivity contribution in [2.75, 3.05) is 26.3 Å². The largest absolute Gasteiger partial charge is 0.482 e. The van der Waals surface area contributed by atoms with Crippen LogP contribution in [0, 0.1) is 0 Å². The Morgan fingerprint density at radius 2 is 2.33 bits per heavy atom. The van der Waals surface area contributed by atoms with Gasteiger partial charge in [0.15, 0.2) is 6.61 Å². The van der Waals surface area contributed by atoms with Gasteiger partial charge in [-0.05, 0) is 19.4 Å². The summed E-state index contributed by atoms with van der Waals surface area (Å²) in [4.78, 5) is 17.6. The molecular weight excluding hydrogens is 327 g/mol. The number of nitrogens with zero attached hydrogens (tertiary/aromatic N) is 2. The van der Waals surface area contributed by atoms with Crippen LogP contribution in [-0.4, -0.2) is 54.5 Å². The molecular formula is C15H20F3N3O3. The molecule has 1 aromatic heterocycles. The van der Waals surface area contributed by atoms with Gasteiger partial charge in [0.25, 0.3) is 0 Å². The Balaban J connectivity index is 1.92. The zero-order valence-corrected chi connectivity index (χ0v) is 13.3. The predicted molar refractivity (Wildman–Crippen MR) is 79.6 cm³/mol. The highest BCUT2D eigenvalue weighted by atomic mass is 19.4. The summed E-state index contributed by atoms with van der Waals surface area (Å²) in [6.45, 7) is 2.19. The van der Waals surface area contributed by atoms with E-state index in [9.17, 15) is 18.0 Å². The molecule has 1 aliphatic rings. The second-order valence-electron chi connectivity index (χ2n) is 5.53. The van der Waals surface area contributed by atoms with Crippen molar-refractivity contribution < 1.29 is 27.4 Å². The lowest BCUT2D eigenvalue weighted by molar-refractivity contribution is -0.153. The first-order valence-corrected chi connectivity index (χ1v) is 7.62. The van der Waals surface area contributed by atoms with Crippen LogP contribution in [0.3, 0.4) is 0 Å². The molecule has 2 heterocycles. The fourth-order valence-electron chi connectivity index (χ4n) is 2.31. The first-order chi connectivity index (χ1) is 11.3. The SMILES string of the molecule is C[C@@H]1CN(C(=O)NCc2ccncc2OCC(F)(F)F)CCCO1. The number of rotatable bonds is 4. The maximum Gasteiger partial charge on any atom is 0.422 e. The number of hydrogen-bond donors (Lipinski definition) is 1. The van der Waals surface area contributed by atoms with E-state index in [0.717, 1.165) is 6.42 Å². The highest BCUT2D eigenvalue weighted by molar-refractivity contribution is 5.74. The first-order valence-electron chi connectivity index (χ1n) is 7.62. The van der Waals surface area contributed by atoms with E-state index in [2.05, 4.69) is 10.3 Å². The molecule has 1 N–H and O–H groups in total. The summed E-state index contributed by atoms with van der Waals surface area (Å²) in [5.74, 6) is 0.00249. The van der Waals surface area contributed by atoms with Gasteiger partial charge in [0.2, 0.25) is 0 Å². The highest BCUT2D eigenvalue weighted by Crippen LogP contribution is 2.21. The van der Waals surface area contributed by atoms with Gasteiger partial charge in [0, 0.05) is 38.0 Å². The third kappa shape index (κ3) is 5.88. The number of ether oxygens (including phenoxy) is 2. The van der Waals surface area contributed by atoms with Crippen LogP contribution < -0.4 is 10.1 Å². The summed E-state index contributed by atoms with van der Waals surface area (Å²) in [5.41, 5.74) is 0.432. The number of nitrogens with one attached hydrogen (secondary N) is 1. The maximum atomic E-state index is 12.3. The van der Waals surface area contributed by atoms with E-state index in [1.54, 1.807) is 4.90 Å². The lowest BCUT2D eigenvalue weighted by Crippen LogP contribution is -2.42. The second-order valence-corrected chi connectivity index (χ2v) is 5.53. The van der Waals surface area contributed by atoms with E-state index in [0.29, 0.717) is 25.3 Å². The Morgan fingerprint density at radius 1 is 1.54 bits per heavy atom. The fourth-order valence-corrected chi connectivity index (χ4v) is 2.31. The molecule has 0 aliphatic carbocycles. The van der Waals surface area contributed by atoms with Crippen molar-refractivity contribution >= 4 is 6.03 Å². The molecule has 0 aromatic carbocycles. The van der Waals surface area contributed by atoms with E-state index < -0.39 is 12.8 Å². The molecule has 1 saturated heterocycles. The minimum Gasteiger partial charge on any atom is -0.482 e. The van der Waals surface area contributed by atoms with Crippen molar-refractivity contribution in [1.82, 2.24) is 15.2 Å². The molecule has 0 saturated carbocycles. The van der Waals surface area contributed by atoms with Gasteiger partial charge in [-0.3, -0.25) is 4.98 Å². The lowest BCUT2D eigenvalue weighted by atomic mass is 10.2. The van der Waals surface area contributed by atoms with E-state index >= 15 is 0 Å². The lowest BCUT2D eigenvalue weighted by Gasteiger charge is -2.22. The molecule has 2 rings (SSSR count). The maximum absolute atomic E-state index is 12.3. The summed E-state index contributed by atoms with van der Waals surface area (Å²) in [6.07, 6.45) is -1.10. The van der Waals surface area contributed by atoms with Crippen LogP contribution in [0.1, 0.15) is 18.9 Å². The molecule has 134 valence electrons. The van der Waals surface area contributed by atoms with Crippen molar-refractivity contribution in [2.45, 2.75) is 32.2 Å². The average Bonchev–Trinajstić information content (AvgIpc) is 2.75. The highest BCUT2D eigenvalue weighted by Gasteiger charge is 2.29. The van der Waals surface area contributed by atoms with Crippen molar-refractivity contribution in [1.29, 1.82) is 0 Å². The van der Waals surface area contributed by atoms with Crippen LogP contribution in [0.2, 0.25) is 0 Å². The molecule has 0 radical (unpaired) electrons. The summed E-state index contributed by atoms with van der Waals surface area (Å²) in [5, 5.41) is 2.70. The van der Waals surface area contributed by atoms with E-state index in [1.807, 2.05) is 6.92 Å². The number of hydrogen-bond acceptors (Lipinski definition) is 4. The third-order valence-corrected chi connectivity index (χ3v) is 3.43. The van der Waals surface area contributed by atoms with Gasteiger partial charge in [0.1, 0.15) is 5.75 Å². The average molecular weight is 347 g/mol. The Kier molecular flexibility index (Phi) is 6.24. The molecule has 1 aromatic rings. The zero-order chi connectivity index (χ0) is 17.6. The Hall–Kier alpha value is -2.03. The van der Waals surface area contributed by atoms with Crippen LogP contribution in [0.25, 0.3) is 0 Å². The Labute approximate surface area is 137 Å². The van der Waals surface area contributed by atoms with Gasteiger partial charge in [-0.2, -0.15) is 13.2 Å². The predicted octanol–water partition coefficient (Wildman–Crippen LogP) is 2.34. The smallest absolute Gasteiger partial charge is 0.422 e. The topological polar surface area (TPSA) is 63.7 Å². The van der Waals surface area contributed by atoms with Crippen molar-refractivity contribution in [3.63, 3.8) is 0 Å². The van der Waals surface area contributed by atoms with Gasteiger partial charge >= 0.3 is 12.2 Å². The second kappa shape index (κ2) is 8.18. The van der Waals surface area contributed by atoms with Crippen LogP contribution in [0.15, 0.2) is 18.5 Å². The molecule has 0 spiro atoms. The molecule has 1 fully saturated rings. The number of urea groups is 1. The summed E-state index contributed by atoms with van der Waals surface area (Å²) in [6, 6.07) is 1.23. The number of halogens is 3. The molecule has 0 unspecified atom stereocenters. The van der Waals surface area contributed by atoms with Crippen LogP contribution >= 0.6 is 0 Å². The Bertz CT molecular complexity index is 554. The summed E-state index contributed by atoms with van der Waals surface area (Å²) >= 11 is 0. The van der Waals surface area contributed by atoms with Gasteiger partial charge in [-0.1, -0.05) is 0 Å². The minimum absolute atomic E-state index is 0.00249. The van der Waals surface area contributed by atoms with Crippen LogP contribution in [0.4, 0.5) is 18.0 Å². The normalized spacial score (nSPS) is 18.8. The number of carbonyl (C=O) groups excluding carboxylic acids is 1. The van der Waals surface area contributed by atoms with Crippen LogP contribution in [0.5, 0.6) is 5.75 Å².